The lowest BCUT2D eigenvalue weighted by atomic mass is 9.91. The van der Waals surface area contributed by atoms with E-state index in [1.165, 1.54) is 0 Å². The van der Waals surface area contributed by atoms with Gasteiger partial charge in [-0.25, -0.2) is 0 Å². The lowest BCUT2D eigenvalue weighted by Crippen LogP contribution is -2.53. The molecule has 0 radical (unpaired) electrons. The van der Waals surface area contributed by atoms with E-state index in [0.29, 0.717) is 12.5 Å². The van der Waals surface area contributed by atoms with Crippen LogP contribution in [0.4, 0.5) is 0 Å². The number of carbonyl (C=O) groups is 1. The fourth-order valence-corrected chi connectivity index (χ4v) is 2.58. The zero-order valence-electron chi connectivity index (χ0n) is 10.2. The summed E-state index contributed by atoms with van der Waals surface area (Å²) in [6, 6.07) is 0. The van der Waals surface area contributed by atoms with Gasteiger partial charge in [-0.3, -0.25) is 4.79 Å². The van der Waals surface area contributed by atoms with Crippen LogP contribution in [0.15, 0.2) is 0 Å². The normalized spacial score (nSPS) is 39.6. The van der Waals surface area contributed by atoms with Gasteiger partial charge in [0.2, 0.25) is 5.91 Å². The molecule has 0 bridgehead atoms. The first-order valence-electron chi connectivity index (χ1n) is 6.21. The van der Waals surface area contributed by atoms with Crippen molar-refractivity contribution in [2.24, 2.45) is 11.8 Å². The van der Waals surface area contributed by atoms with Crippen molar-refractivity contribution in [2.75, 3.05) is 26.3 Å². The first-order valence-corrected chi connectivity index (χ1v) is 6.21. The van der Waals surface area contributed by atoms with Crippen molar-refractivity contribution < 1.29 is 9.53 Å². The van der Waals surface area contributed by atoms with Crippen LogP contribution >= 0.6 is 0 Å². The molecular weight excluding hydrogens is 204 g/mol. The molecule has 4 nitrogen and oxygen atoms in total. The molecule has 1 amide bonds. The molecule has 92 valence electrons. The molecule has 0 aliphatic carbocycles. The molecule has 0 saturated carbocycles. The minimum Gasteiger partial charge on any atom is -0.379 e. The molecule has 2 saturated heterocycles. The van der Waals surface area contributed by atoms with Gasteiger partial charge in [0.1, 0.15) is 0 Å². The van der Waals surface area contributed by atoms with E-state index >= 15 is 0 Å². The maximum atomic E-state index is 12.1. The van der Waals surface area contributed by atoms with Gasteiger partial charge < -0.3 is 15.4 Å². The number of hydrogen-bond donors (Lipinski definition) is 2. The first kappa shape index (κ1) is 11.9. The molecule has 3 atom stereocenters. The minimum absolute atomic E-state index is 0.124. The highest BCUT2D eigenvalue weighted by atomic mass is 16.5. The highest BCUT2D eigenvalue weighted by Gasteiger charge is 2.35. The van der Waals surface area contributed by atoms with Crippen molar-refractivity contribution in [3.8, 4) is 0 Å². The third kappa shape index (κ3) is 2.55. The van der Waals surface area contributed by atoms with E-state index in [2.05, 4.69) is 24.5 Å². The molecule has 4 heteroatoms. The van der Waals surface area contributed by atoms with Gasteiger partial charge >= 0.3 is 0 Å². The van der Waals surface area contributed by atoms with E-state index in [1.807, 2.05) is 0 Å². The Labute approximate surface area is 97.1 Å². The van der Waals surface area contributed by atoms with Crippen molar-refractivity contribution in [3.63, 3.8) is 0 Å². The summed E-state index contributed by atoms with van der Waals surface area (Å²) in [5.74, 6) is 0.748. The van der Waals surface area contributed by atoms with Crippen LogP contribution in [0.1, 0.15) is 26.7 Å². The van der Waals surface area contributed by atoms with E-state index in [-0.39, 0.29) is 17.4 Å². The number of hydrogen-bond acceptors (Lipinski definition) is 3. The summed E-state index contributed by atoms with van der Waals surface area (Å²) in [5, 5.41) is 6.42. The predicted molar refractivity (Wildman–Crippen MR) is 62.1 cm³/mol. The highest BCUT2D eigenvalue weighted by Crippen LogP contribution is 2.21. The molecule has 0 aromatic rings. The van der Waals surface area contributed by atoms with E-state index < -0.39 is 0 Å². The van der Waals surface area contributed by atoms with Crippen LogP contribution in [-0.2, 0) is 9.53 Å². The van der Waals surface area contributed by atoms with Crippen molar-refractivity contribution in [2.45, 2.75) is 32.2 Å². The Hall–Kier alpha value is -0.610. The van der Waals surface area contributed by atoms with Crippen molar-refractivity contribution in [1.82, 2.24) is 10.6 Å². The largest absolute Gasteiger partial charge is 0.379 e. The Balaban J connectivity index is 1.90. The Morgan fingerprint density at radius 3 is 2.88 bits per heavy atom. The standard InChI is InChI=1S/C12H22N2O2/c1-9-6-13-7-10(9)11(15)14-12(2)4-3-5-16-8-12/h9-10,13H,3-8H2,1-2H3,(H,14,15)/t9-,10-,12?/m1/s1. The van der Waals surface area contributed by atoms with Crippen LogP contribution in [0.3, 0.4) is 0 Å². The SMILES string of the molecule is C[C@@H]1CNC[C@H]1C(=O)NC1(C)CCCOC1. The van der Waals surface area contributed by atoms with Gasteiger partial charge in [-0.15, -0.1) is 0 Å². The number of amides is 1. The zero-order valence-corrected chi connectivity index (χ0v) is 10.2. The number of carbonyl (C=O) groups excluding carboxylic acids is 1. The van der Waals surface area contributed by atoms with Gasteiger partial charge in [0.05, 0.1) is 18.1 Å². The first-order chi connectivity index (χ1) is 7.61. The van der Waals surface area contributed by atoms with Gasteiger partial charge in [-0.1, -0.05) is 6.92 Å². The van der Waals surface area contributed by atoms with Gasteiger partial charge in [0.15, 0.2) is 0 Å². The smallest absolute Gasteiger partial charge is 0.225 e. The van der Waals surface area contributed by atoms with Crippen molar-refractivity contribution in [3.05, 3.63) is 0 Å². The summed E-state index contributed by atoms with van der Waals surface area (Å²) in [5.41, 5.74) is -0.155. The fraction of sp³-hybridized carbons (Fsp3) is 0.917. The molecule has 2 aliphatic heterocycles. The Morgan fingerprint density at radius 1 is 1.50 bits per heavy atom. The second-order valence-corrected chi connectivity index (χ2v) is 5.45. The summed E-state index contributed by atoms with van der Waals surface area (Å²) in [7, 11) is 0. The Kier molecular flexibility index (Phi) is 3.50. The fourth-order valence-electron chi connectivity index (χ4n) is 2.58. The van der Waals surface area contributed by atoms with E-state index in [4.69, 9.17) is 4.74 Å². The average Bonchev–Trinajstić information content (AvgIpc) is 2.65. The molecule has 2 heterocycles. The van der Waals surface area contributed by atoms with E-state index in [0.717, 1.165) is 32.5 Å². The van der Waals surface area contributed by atoms with Gasteiger partial charge in [0, 0.05) is 13.2 Å². The molecule has 2 aliphatic rings. The predicted octanol–water partition coefficient (Wildman–Crippen LogP) is 0.527. The zero-order chi connectivity index (χ0) is 11.6. The van der Waals surface area contributed by atoms with E-state index in [9.17, 15) is 4.79 Å². The molecule has 2 rings (SSSR count). The quantitative estimate of drug-likeness (QED) is 0.722. The van der Waals surface area contributed by atoms with Crippen LogP contribution in [0.25, 0.3) is 0 Å². The monoisotopic (exact) mass is 226 g/mol. The summed E-state index contributed by atoms with van der Waals surface area (Å²) in [4.78, 5) is 12.1. The summed E-state index contributed by atoms with van der Waals surface area (Å²) in [6.45, 7) is 7.44. The topological polar surface area (TPSA) is 50.4 Å². The summed E-state index contributed by atoms with van der Waals surface area (Å²) in [6.07, 6.45) is 2.06. The second kappa shape index (κ2) is 4.72. The molecule has 0 aromatic carbocycles. The summed E-state index contributed by atoms with van der Waals surface area (Å²) >= 11 is 0. The van der Waals surface area contributed by atoms with Crippen molar-refractivity contribution >= 4 is 5.91 Å². The Morgan fingerprint density at radius 2 is 2.31 bits per heavy atom. The number of rotatable bonds is 2. The Bertz CT molecular complexity index is 262. The summed E-state index contributed by atoms with van der Waals surface area (Å²) < 4.78 is 5.45. The van der Waals surface area contributed by atoms with Gasteiger partial charge in [-0.05, 0) is 32.2 Å². The number of ether oxygens (including phenoxy) is 1. The third-order valence-electron chi connectivity index (χ3n) is 3.72. The lowest BCUT2D eigenvalue weighted by molar-refractivity contribution is -0.129. The van der Waals surface area contributed by atoms with Gasteiger partial charge in [0.25, 0.3) is 0 Å². The molecule has 2 fully saturated rings. The highest BCUT2D eigenvalue weighted by molar-refractivity contribution is 5.80. The van der Waals surface area contributed by atoms with Crippen molar-refractivity contribution in [1.29, 1.82) is 0 Å². The lowest BCUT2D eigenvalue weighted by Gasteiger charge is -2.35. The third-order valence-corrected chi connectivity index (χ3v) is 3.72. The molecule has 0 spiro atoms. The minimum atomic E-state index is -0.155. The maximum absolute atomic E-state index is 12.1. The maximum Gasteiger partial charge on any atom is 0.225 e. The van der Waals surface area contributed by atoms with E-state index in [1.54, 1.807) is 0 Å². The van der Waals surface area contributed by atoms with Crippen LogP contribution in [0, 0.1) is 11.8 Å². The second-order valence-electron chi connectivity index (χ2n) is 5.45. The van der Waals surface area contributed by atoms with Crippen LogP contribution < -0.4 is 10.6 Å². The molecule has 2 N–H and O–H groups in total. The molecular formula is C12H22N2O2. The average molecular weight is 226 g/mol. The van der Waals surface area contributed by atoms with Crippen LogP contribution in [0.5, 0.6) is 0 Å². The number of nitrogens with one attached hydrogen (secondary N) is 2. The van der Waals surface area contributed by atoms with Crippen LogP contribution in [-0.4, -0.2) is 37.7 Å². The molecule has 0 aromatic heterocycles. The van der Waals surface area contributed by atoms with Crippen LogP contribution in [0.2, 0.25) is 0 Å². The van der Waals surface area contributed by atoms with Gasteiger partial charge in [-0.2, -0.15) is 0 Å². The molecule has 1 unspecified atom stereocenters. The molecule has 16 heavy (non-hydrogen) atoms.